The van der Waals surface area contributed by atoms with E-state index < -0.39 is 18.1 Å². The molecule has 5 atom stereocenters. The van der Waals surface area contributed by atoms with E-state index in [2.05, 4.69) is 11.0 Å². The highest BCUT2D eigenvalue weighted by molar-refractivity contribution is 5.68. The van der Waals surface area contributed by atoms with Gasteiger partial charge < -0.3 is 33.9 Å². The molecule has 1 saturated heterocycles. The van der Waals surface area contributed by atoms with Crippen molar-refractivity contribution < 1.29 is 38.7 Å². The Hall–Kier alpha value is -3.88. The summed E-state index contributed by atoms with van der Waals surface area (Å²) in [6.07, 6.45) is 0.815. The SMILES string of the molecule is COc1c(C)c(OC)c2c(c1O)[C@@H]1[C@@H]3Cc4c(OC)c(C)c(OC)c(O)c4[C@H](COC(C)=O)N3[C@@H](C#N)[C@H](C2)N1C. The number of carbonyl (C=O) groups excluding carboxylic acids is 1. The van der Waals surface area contributed by atoms with E-state index in [-0.39, 0.29) is 42.0 Å². The summed E-state index contributed by atoms with van der Waals surface area (Å²) in [5, 5.41) is 33.8. The third-order valence-electron chi connectivity index (χ3n) is 9.10. The van der Waals surface area contributed by atoms with Gasteiger partial charge in [-0.2, -0.15) is 5.26 Å². The van der Waals surface area contributed by atoms with Gasteiger partial charge in [0.05, 0.1) is 46.6 Å². The van der Waals surface area contributed by atoms with E-state index in [4.69, 9.17) is 23.7 Å². The molecule has 1 fully saturated rings. The van der Waals surface area contributed by atoms with Gasteiger partial charge >= 0.3 is 5.97 Å². The van der Waals surface area contributed by atoms with Crippen molar-refractivity contribution >= 4 is 5.97 Å². The average molecular weight is 568 g/mol. The maximum atomic E-state index is 12.0. The van der Waals surface area contributed by atoms with Gasteiger partial charge in [0, 0.05) is 52.4 Å². The Labute approximate surface area is 239 Å². The van der Waals surface area contributed by atoms with Crippen molar-refractivity contribution in [3.05, 3.63) is 33.4 Å². The molecule has 11 nitrogen and oxygen atoms in total. The summed E-state index contributed by atoms with van der Waals surface area (Å²) < 4.78 is 28.5. The molecule has 0 saturated carbocycles. The van der Waals surface area contributed by atoms with Crippen molar-refractivity contribution in [2.75, 3.05) is 42.1 Å². The summed E-state index contributed by atoms with van der Waals surface area (Å²) in [6.45, 7) is 4.89. The molecule has 2 bridgehead atoms. The van der Waals surface area contributed by atoms with Gasteiger partial charge in [0.2, 0.25) is 0 Å². The van der Waals surface area contributed by atoms with Crippen LogP contribution in [0.5, 0.6) is 34.5 Å². The standard InChI is InChI=1S/C30H37N3O8/c1-13-27(37-5)16-10-19-24-23-17(28(38-6)14(2)30(40-8)26(23)36)9-18(32(24)4)20(11-31)33(19)21(12-41-15(3)34)22(16)25(35)29(13)39-7/h18-21,24,35-36H,9-10,12H2,1-8H3/t18-,19-,20-,21-,24-/m0/s1. The number of piperazine rings is 1. The minimum absolute atomic E-state index is 0.0366. The van der Waals surface area contributed by atoms with Gasteiger partial charge in [-0.3, -0.25) is 14.6 Å². The van der Waals surface area contributed by atoms with Gasteiger partial charge in [0.15, 0.2) is 23.0 Å². The number of phenolic OH excluding ortho intramolecular Hbond substituents is 2. The summed E-state index contributed by atoms with van der Waals surface area (Å²) >= 11 is 0. The topological polar surface area (TPSA) is 134 Å². The van der Waals surface area contributed by atoms with Crippen LogP contribution in [0.3, 0.4) is 0 Å². The molecule has 0 radical (unpaired) electrons. The maximum absolute atomic E-state index is 12.0. The molecule has 2 N–H and O–H groups in total. The normalized spacial score (nSPS) is 24.8. The van der Waals surface area contributed by atoms with Crippen molar-refractivity contribution in [2.45, 2.75) is 63.8 Å². The van der Waals surface area contributed by atoms with E-state index in [1.165, 1.54) is 21.1 Å². The third-order valence-corrected chi connectivity index (χ3v) is 9.10. The Morgan fingerprint density at radius 3 is 1.85 bits per heavy atom. The van der Waals surface area contributed by atoms with Gasteiger partial charge in [-0.1, -0.05) is 0 Å². The first-order valence-corrected chi connectivity index (χ1v) is 13.5. The Kier molecular flexibility index (Phi) is 7.34. The smallest absolute Gasteiger partial charge is 0.302 e. The van der Waals surface area contributed by atoms with E-state index >= 15 is 0 Å². The molecule has 2 aromatic rings. The summed E-state index contributed by atoms with van der Waals surface area (Å²) in [5.74, 6) is 1.28. The molecule has 0 aromatic heterocycles. The second-order valence-corrected chi connectivity index (χ2v) is 10.9. The predicted octanol–water partition coefficient (Wildman–Crippen LogP) is 3.08. The Balaban J connectivity index is 1.83. The molecular formula is C30H37N3O8. The van der Waals surface area contributed by atoms with E-state index in [1.807, 2.05) is 25.8 Å². The van der Waals surface area contributed by atoms with Gasteiger partial charge in [-0.15, -0.1) is 0 Å². The number of aromatic hydroxyl groups is 2. The van der Waals surface area contributed by atoms with Crippen LogP contribution in [0.1, 0.15) is 52.4 Å². The molecule has 0 amide bonds. The van der Waals surface area contributed by atoms with Crippen LogP contribution in [0, 0.1) is 25.2 Å². The number of carbonyl (C=O) groups is 1. The van der Waals surface area contributed by atoms with Crippen LogP contribution in [0.25, 0.3) is 0 Å². The zero-order valence-electron chi connectivity index (χ0n) is 24.7. The van der Waals surface area contributed by atoms with Crippen LogP contribution in [0.4, 0.5) is 0 Å². The first-order valence-electron chi connectivity index (χ1n) is 13.5. The maximum Gasteiger partial charge on any atom is 0.302 e. The Morgan fingerprint density at radius 1 is 0.878 bits per heavy atom. The number of methoxy groups -OCH3 is 4. The number of nitriles is 1. The molecule has 3 aliphatic rings. The number of fused-ring (bicyclic) bond motifs is 7. The number of benzene rings is 2. The van der Waals surface area contributed by atoms with E-state index in [0.29, 0.717) is 52.3 Å². The zero-order valence-corrected chi connectivity index (χ0v) is 24.7. The van der Waals surface area contributed by atoms with E-state index in [0.717, 1.165) is 11.1 Å². The number of rotatable bonds is 6. The van der Waals surface area contributed by atoms with Crippen molar-refractivity contribution in [3.63, 3.8) is 0 Å². The fourth-order valence-electron chi connectivity index (χ4n) is 7.57. The molecular weight excluding hydrogens is 530 g/mol. The third kappa shape index (κ3) is 3.95. The van der Waals surface area contributed by atoms with Crippen LogP contribution in [0.15, 0.2) is 0 Å². The molecule has 41 heavy (non-hydrogen) atoms. The first kappa shape index (κ1) is 28.6. The van der Waals surface area contributed by atoms with Crippen molar-refractivity contribution in [3.8, 4) is 40.6 Å². The molecule has 11 heteroatoms. The van der Waals surface area contributed by atoms with E-state index in [9.17, 15) is 20.3 Å². The van der Waals surface area contributed by atoms with Crippen molar-refractivity contribution in [2.24, 2.45) is 0 Å². The second-order valence-electron chi connectivity index (χ2n) is 10.9. The molecule has 220 valence electrons. The fraction of sp³-hybridized carbons (Fsp3) is 0.533. The number of esters is 1. The molecule has 2 aromatic carbocycles. The minimum atomic E-state index is -0.683. The average Bonchev–Trinajstić information content (AvgIpc) is 2.93. The highest BCUT2D eigenvalue weighted by atomic mass is 16.5. The monoisotopic (exact) mass is 567 g/mol. The summed E-state index contributed by atoms with van der Waals surface area (Å²) in [7, 11) is 8.10. The van der Waals surface area contributed by atoms with Crippen LogP contribution >= 0.6 is 0 Å². The highest BCUT2D eigenvalue weighted by Crippen LogP contribution is 2.58. The van der Waals surface area contributed by atoms with Crippen LogP contribution in [0.2, 0.25) is 0 Å². The molecule has 0 spiro atoms. The Bertz CT molecular complexity index is 1450. The first-order chi connectivity index (χ1) is 19.6. The molecule has 5 rings (SSSR count). The second kappa shape index (κ2) is 10.5. The molecule has 0 aliphatic carbocycles. The lowest BCUT2D eigenvalue weighted by molar-refractivity contribution is -0.146. The zero-order chi connectivity index (χ0) is 29.9. The van der Waals surface area contributed by atoms with Crippen LogP contribution < -0.4 is 18.9 Å². The largest absolute Gasteiger partial charge is 0.504 e. The van der Waals surface area contributed by atoms with Gasteiger partial charge in [-0.25, -0.2) is 0 Å². The minimum Gasteiger partial charge on any atom is -0.504 e. The fourth-order valence-corrected chi connectivity index (χ4v) is 7.57. The number of phenols is 2. The van der Waals surface area contributed by atoms with Gasteiger partial charge in [0.1, 0.15) is 24.1 Å². The summed E-state index contributed by atoms with van der Waals surface area (Å²) in [6, 6.07) is 0.139. The molecule has 3 heterocycles. The quantitative estimate of drug-likeness (QED) is 0.499. The molecule has 0 unspecified atom stereocenters. The summed E-state index contributed by atoms with van der Waals surface area (Å²) in [4.78, 5) is 16.2. The van der Waals surface area contributed by atoms with Gasteiger partial charge in [0.25, 0.3) is 0 Å². The van der Waals surface area contributed by atoms with Crippen LogP contribution in [-0.4, -0.2) is 86.2 Å². The lowest BCUT2D eigenvalue weighted by atomic mass is 9.71. The number of nitrogens with zero attached hydrogens (tertiary/aromatic N) is 3. The van der Waals surface area contributed by atoms with Crippen molar-refractivity contribution in [1.29, 1.82) is 5.26 Å². The lowest BCUT2D eigenvalue weighted by Crippen LogP contribution is -2.68. The number of hydrogen-bond donors (Lipinski definition) is 2. The number of likely N-dealkylation sites (N-methyl/N-ethyl adjacent to an activating group) is 1. The lowest BCUT2D eigenvalue weighted by Gasteiger charge is -2.59. The molecule has 3 aliphatic heterocycles. The summed E-state index contributed by atoms with van der Waals surface area (Å²) in [5.41, 5.74) is 4.10. The number of hydrogen-bond acceptors (Lipinski definition) is 11. The number of ether oxygens (including phenoxy) is 5. The Morgan fingerprint density at radius 2 is 1.37 bits per heavy atom. The van der Waals surface area contributed by atoms with Crippen molar-refractivity contribution in [1.82, 2.24) is 9.80 Å². The van der Waals surface area contributed by atoms with Crippen LogP contribution in [-0.2, 0) is 22.4 Å². The van der Waals surface area contributed by atoms with Gasteiger partial charge in [-0.05, 0) is 33.7 Å². The van der Waals surface area contributed by atoms with E-state index in [1.54, 1.807) is 14.2 Å². The highest BCUT2D eigenvalue weighted by Gasteiger charge is 2.57. The predicted molar refractivity (Wildman–Crippen MR) is 148 cm³/mol.